The van der Waals surface area contributed by atoms with Gasteiger partial charge in [-0.2, -0.15) is 5.26 Å². The van der Waals surface area contributed by atoms with Gasteiger partial charge in [0, 0.05) is 24.9 Å². The molecule has 0 aromatic heterocycles. The Balaban J connectivity index is 2.10. The van der Waals surface area contributed by atoms with Crippen LogP contribution in [0, 0.1) is 21.4 Å². The molecule has 0 aliphatic carbocycles. The second-order valence-electron chi connectivity index (χ2n) is 5.26. The molecule has 1 atom stereocenters. The normalized spacial score (nSPS) is 11.2. The van der Waals surface area contributed by atoms with Crippen LogP contribution in [0.25, 0.3) is 0 Å². The van der Waals surface area contributed by atoms with Gasteiger partial charge in [0.05, 0.1) is 22.6 Å². The van der Waals surface area contributed by atoms with Gasteiger partial charge in [0.25, 0.3) is 5.69 Å². The van der Waals surface area contributed by atoms with E-state index >= 15 is 0 Å². The van der Waals surface area contributed by atoms with Crippen molar-refractivity contribution in [3.05, 3.63) is 69.8 Å². The van der Waals surface area contributed by atoms with E-state index in [1.165, 1.54) is 17.0 Å². The number of amides is 2. The molecule has 7 heteroatoms. The Hall–Kier alpha value is -3.40. The molecule has 2 amide bonds. The standard InChI is InChI=1S/C17H16N4O3/c1-12(14-4-3-5-16(10-14)21(23)24)20(2)17(22)19-15-8-6-13(11-18)7-9-15/h3-10,12H,1-2H3,(H,19,22). The van der Waals surface area contributed by atoms with Crippen LogP contribution in [0.1, 0.15) is 24.1 Å². The van der Waals surface area contributed by atoms with Gasteiger partial charge < -0.3 is 10.2 Å². The van der Waals surface area contributed by atoms with Crippen molar-refractivity contribution in [1.82, 2.24) is 4.90 Å². The maximum absolute atomic E-state index is 12.3. The Labute approximate surface area is 139 Å². The lowest BCUT2D eigenvalue weighted by Gasteiger charge is -2.25. The van der Waals surface area contributed by atoms with Gasteiger partial charge in [0.1, 0.15) is 0 Å². The van der Waals surface area contributed by atoms with Crippen LogP contribution < -0.4 is 5.32 Å². The zero-order valence-electron chi connectivity index (χ0n) is 13.3. The van der Waals surface area contributed by atoms with Crippen molar-refractivity contribution in [2.45, 2.75) is 13.0 Å². The molecule has 1 N–H and O–H groups in total. The van der Waals surface area contributed by atoms with Crippen LogP contribution in [-0.4, -0.2) is 22.9 Å². The number of benzene rings is 2. The molecule has 0 heterocycles. The fraction of sp³-hybridized carbons (Fsp3) is 0.176. The second-order valence-corrected chi connectivity index (χ2v) is 5.26. The molecule has 0 radical (unpaired) electrons. The molecule has 2 aromatic carbocycles. The Bertz CT molecular complexity index is 796. The summed E-state index contributed by atoms with van der Waals surface area (Å²) in [6.07, 6.45) is 0. The minimum absolute atomic E-state index is 0.0137. The zero-order valence-corrected chi connectivity index (χ0v) is 13.3. The number of urea groups is 1. The summed E-state index contributed by atoms with van der Waals surface area (Å²) in [5.74, 6) is 0. The van der Waals surface area contributed by atoms with Crippen molar-refractivity contribution in [3.8, 4) is 6.07 Å². The number of carbonyl (C=O) groups is 1. The Morgan fingerprint density at radius 1 is 1.29 bits per heavy atom. The number of hydrogen-bond acceptors (Lipinski definition) is 4. The van der Waals surface area contributed by atoms with Gasteiger partial charge in [-0.05, 0) is 36.8 Å². The number of nitriles is 1. The monoisotopic (exact) mass is 324 g/mol. The lowest BCUT2D eigenvalue weighted by atomic mass is 10.1. The van der Waals surface area contributed by atoms with Crippen LogP contribution in [0.4, 0.5) is 16.2 Å². The van der Waals surface area contributed by atoms with Crippen molar-refractivity contribution >= 4 is 17.4 Å². The largest absolute Gasteiger partial charge is 0.322 e. The van der Waals surface area contributed by atoms with E-state index in [-0.39, 0.29) is 17.8 Å². The summed E-state index contributed by atoms with van der Waals surface area (Å²) in [5, 5.41) is 22.4. The molecule has 2 rings (SSSR count). The Morgan fingerprint density at radius 3 is 2.54 bits per heavy atom. The second kappa shape index (κ2) is 7.24. The van der Waals surface area contributed by atoms with E-state index in [4.69, 9.17) is 5.26 Å². The first kappa shape index (κ1) is 17.0. The fourth-order valence-electron chi connectivity index (χ4n) is 2.14. The maximum atomic E-state index is 12.3. The van der Waals surface area contributed by atoms with E-state index in [9.17, 15) is 14.9 Å². The molecule has 0 spiro atoms. The highest BCUT2D eigenvalue weighted by molar-refractivity contribution is 5.89. The van der Waals surface area contributed by atoms with Gasteiger partial charge in [-0.25, -0.2) is 4.79 Å². The highest BCUT2D eigenvalue weighted by Gasteiger charge is 2.19. The van der Waals surface area contributed by atoms with Crippen LogP contribution in [0.3, 0.4) is 0 Å². The van der Waals surface area contributed by atoms with E-state index in [2.05, 4.69) is 5.32 Å². The maximum Gasteiger partial charge on any atom is 0.322 e. The number of nitro groups is 1. The number of anilines is 1. The first-order valence-corrected chi connectivity index (χ1v) is 7.20. The molecule has 0 saturated carbocycles. The summed E-state index contributed by atoms with van der Waals surface area (Å²) in [4.78, 5) is 24.2. The predicted octanol–water partition coefficient (Wildman–Crippen LogP) is 3.69. The predicted molar refractivity (Wildman–Crippen MR) is 89.5 cm³/mol. The molecule has 7 nitrogen and oxygen atoms in total. The molecule has 0 bridgehead atoms. The summed E-state index contributed by atoms with van der Waals surface area (Å²) in [7, 11) is 1.61. The van der Waals surface area contributed by atoms with Crippen LogP contribution >= 0.6 is 0 Å². The molecule has 0 aliphatic rings. The van der Waals surface area contributed by atoms with Crippen molar-refractivity contribution in [2.75, 3.05) is 12.4 Å². The van der Waals surface area contributed by atoms with Crippen molar-refractivity contribution in [2.24, 2.45) is 0 Å². The third kappa shape index (κ3) is 3.87. The molecule has 122 valence electrons. The van der Waals surface area contributed by atoms with E-state index in [1.807, 2.05) is 6.07 Å². The first-order valence-electron chi connectivity index (χ1n) is 7.20. The van der Waals surface area contributed by atoms with Crippen LogP contribution in [0.15, 0.2) is 48.5 Å². The average Bonchev–Trinajstić information content (AvgIpc) is 2.61. The minimum Gasteiger partial charge on any atom is -0.321 e. The van der Waals surface area contributed by atoms with Crippen LogP contribution in [-0.2, 0) is 0 Å². The number of rotatable bonds is 4. The lowest BCUT2D eigenvalue weighted by Crippen LogP contribution is -2.33. The Morgan fingerprint density at radius 2 is 1.96 bits per heavy atom. The summed E-state index contributed by atoms with van der Waals surface area (Å²) in [5.41, 5.74) is 1.73. The summed E-state index contributed by atoms with van der Waals surface area (Å²) >= 11 is 0. The van der Waals surface area contributed by atoms with Crippen molar-refractivity contribution < 1.29 is 9.72 Å². The fourth-order valence-corrected chi connectivity index (χ4v) is 2.14. The third-order valence-corrected chi connectivity index (χ3v) is 3.73. The average molecular weight is 324 g/mol. The van der Waals surface area contributed by atoms with E-state index in [1.54, 1.807) is 50.4 Å². The van der Waals surface area contributed by atoms with Gasteiger partial charge in [-0.15, -0.1) is 0 Å². The van der Waals surface area contributed by atoms with Crippen molar-refractivity contribution in [1.29, 1.82) is 5.26 Å². The number of hydrogen-bond donors (Lipinski definition) is 1. The van der Waals surface area contributed by atoms with Crippen molar-refractivity contribution in [3.63, 3.8) is 0 Å². The SMILES string of the molecule is CC(c1cccc([N+](=O)[O-])c1)N(C)C(=O)Nc1ccc(C#N)cc1. The number of carbonyl (C=O) groups excluding carboxylic acids is 1. The van der Waals surface area contributed by atoms with Gasteiger partial charge in [0.15, 0.2) is 0 Å². The molecular weight excluding hydrogens is 308 g/mol. The molecule has 2 aromatic rings. The first-order chi connectivity index (χ1) is 11.4. The molecule has 0 fully saturated rings. The number of nitrogens with zero attached hydrogens (tertiary/aromatic N) is 3. The molecule has 0 aliphatic heterocycles. The van der Waals surface area contributed by atoms with Crippen LogP contribution in [0.2, 0.25) is 0 Å². The van der Waals surface area contributed by atoms with E-state index in [0.29, 0.717) is 16.8 Å². The highest BCUT2D eigenvalue weighted by atomic mass is 16.6. The lowest BCUT2D eigenvalue weighted by molar-refractivity contribution is -0.384. The zero-order chi connectivity index (χ0) is 17.7. The molecular formula is C17H16N4O3. The number of nitrogens with one attached hydrogen (secondary N) is 1. The van der Waals surface area contributed by atoms with Gasteiger partial charge >= 0.3 is 6.03 Å². The quantitative estimate of drug-likeness (QED) is 0.684. The van der Waals surface area contributed by atoms with Crippen LogP contribution in [0.5, 0.6) is 0 Å². The van der Waals surface area contributed by atoms with Gasteiger partial charge in [-0.3, -0.25) is 10.1 Å². The summed E-state index contributed by atoms with van der Waals surface area (Å²) < 4.78 is 0. The smallest absolute Gasteiger partial charge is 0.321 e. The van der Waals surface area contributed by atoms with Gasteiger partial charge in [-0.1, -0.05) is 12.1 Å². The Kier molecular flexibility index (Phi) is 5.12. The van der Waals surface area contributed by atoms with Gasteiger partial charge in [0.2, 0.25) is 0 Å². The topological polar surface area (TPSA) is 99.3 Å². The number of non-ortho nitro benzene ring substituents is 1. The summed E-state index contributed by atoms with van der Waals surface area (Å²) in [6, 6.07) is 14.0. The van der Waals surface area contributed by atoms with E-state index < -0.39 is 4.92 Å². The summed E-state index contributed by atoms with van der Waals surface area (Å²) in [6.45, 7) is 1.79. The van der Waals surface area contributed by atoms with E-state index in [0.717, 1.165) is 0 Å². The minimum atomic E-state index is -0.465. The molecule has 24 heavy (non-hydrogen) atoms. The highest BCUT2D eigenvalue weighted by Crippen LogP contribution is 2.23. The third-order valence-electron chi connectivity index (χ3n) is 3.73. The number of nitro benzene ring substituents is 1. The molecule has 1 unspecified atom stereocenters. The molecule has 0 saturated heterocycles.